The minimum absolute atomic E-state index is 0.0317. The van der Waals surface area contributed by atoms with Crippen molar-refractivity contribution in [1.82, 2.24) is 0 Å². The zero-order valence-electron chi connectivity index (χ0n) is 20.9. The van der Waals surface area contributed by atoms with Gasteiger partial charge in [-0.2, -0.15) is 8.78 Å². The Balaban J connectivity index is 1.49. The Morgan fingerprint density at radius 3 is 1.62 bits per heavy atom. The van der Waals surface area contributed by atoms with E-state index in [1.165, 1.54) is 12.1 Å². The first kappa shape index (κ1) is 29.0. The molecular formula is C30H21F9O. The summed E-state index contributed by atoms with van der Waals surface area (Å²) in [6, 6.07) is 10.7. The van der Waals surface area contributed by atoms with Gasteiger partial charge in [0.2, 0.25) is 0 Å². The van der Waals surface area contributed by atoms with Gasteiger partial charge in [0.15, 0.2) is 46.5 Å². The molecule has 0 aliphatic carbocycles. The van der Waals surface area contributed by atoms with E-state index in [4.69, 9.17) is 0 Å². The van der Waals surface area contributed by atoms with Crippen LogP contribution in [0.1, 0.15) is 35.6 Å². The lowest BCUT2D eigenvalue weighted by atomic mass is 9.98. The Hall–Kier alpha value is -3.95. The molecule has 0 atom stereocenters. The van der Waals surface area contributed by atoms with Gasteiger partial charge in [0, 0.05) is 0 Å². The van der Waals surface area contributed by atoms with E-state index in [2.05, 4.69) is 4.74 Å². The molecular weight excluding hydrogens is 547 g/mol. The third kappa shape index (κ3) is 6.11. The highest BCUT2D eigenvalue weighted by Crippen LogP contribution is 2.37. The third-order valence-electron chi connectivity index (χ3n) is 6.28. The molecule has 0 aliphatic rings. The summed E-state index contributed by atoms with van der Waals surface area (Å²) in [5.74, 6) is -12.2. The topological polar surface area (TPSA) is 9.23 Å². The summed E-state index contributed by atoms with van der Waals surface area (Å²) in [6.45, 7) is 1.86. The van der Waals surface area contributed by atoms with Crippen LogP contribution in [-0.2, 0) is 25.4 Å². The van der Waals surface area contributed by atoms with Crippen LogP contribution in [0.15, 0.2) is 60.7 Å². The summed E-state index contributed by atoms with van der Waals surface area (Å²) in [5, 5.41) is 0. The van der Waals surface area contributed by atoms with Crippen LogP contribution >= 0.6 is 0 Å². The second-order valence-corrected chi connectivity index (χ2v) is 9.10. The molecule has 0 bridgehead atoms. The van der Waals surface area contributed by atoms with Crippen molar-refractivity contribution in [1.29, 1.82) is 0 Å². The van der Waals surface area contributed by atoms with Gasteiger partial charge in [0.25, 0.3) is 0 Å². The highest BCUT2D eigenvalue weighted by Gasteiger charge is 2.38. The van der Waals surface area contributed by atoms with E-state index >= 15 is 0 Å². The van der Waals surface area contributed by atoms with Crippen molar-refractivity contribution in [3.63, 3.8) is 0 Å². The van der Waals surface area contributed by atoms with Crippen molar-refractivity contribution < 1.29 is 44.3 Å². The zero-order chi connectivity index (χ0) is 29.2. The number of ether oxygens (including phenoxy) is 1. The van der Waals surface area contributed by atoms with E-state index in [9.17, 15) is 39.5 Å². The van der Waals surface area contributed by atoms with E-state index in [-0.39, 0.29) is 29.7 Å². The number of benzene rings is 4. The number of halogens is 9. The Morgan fingerprint density at radius 1 is 0.575 bits per heavy atom. The smallest absolute Gasteiger partial charge is 0.423 e. The lowest BCUT2D eigenvalue weighted by molar-refractivity contribution is -0.188. The predicted octanol–water partition coefficient (Wildman–Crippen LogP) is 9.19. The van der Waals surface area contributed by atoms with Gasteiger partial charge < -0.3 is 4.74 Å². The molecule has 40 heavy (non-hydrogen) atoms. The number of hydrogen-bond donors (Lipinski definition) is 0. The average molecular weight is 568 g/mol. The average Bonchev–Trinajstić information content (AvgIpc) is 2.91. The molecule has 0 heterocycles. The molecule has 4 aromatic rings. The molecule has 0 amide bonds. The first-order chi connectivity index (χ1) is 18.9. The summed E-state index contributed by atoms with van der Waals surface area (Å²) in [7, 11) is 0. The van der Waals surface area contributed by atoms with Gasteiger partial charge in [0.1, 0.15) is 0 Å². The predicted molar refractivity (Wildman–Crippen MR) is 130 cm³/mol. The third-order valence-corrected chi connectivity index (χ3v) is 6.28. The van der Waals surface area contributed by atoms with Crippen LogP contribution in [0.2, 0.25) is 0 Å². The summed E-state index contributed by atoms with van der Waals surface area (Å²) in [5.41, 5.74) is 0.0387. The summed E-state index contributed by atoms with van der Waals surface area (Å²) in [6.07, 6.45) is -2.94. The molecule has 4 rings (SSSR count). The molecule has 0 N–H and O–H groups in total. The van der Waals surface area contributed by atoms with Crippen molar-refractivity contribution in [2.45, 2.75) is 38.7 Å². The summed E-state index contributed by atoms with van der Waals surface area (Å²) in [4.78, 5) is 0. The maximum absolute atomic E-state index is 14.6. The van der Waals surface area contributed by atoms with E-state index in [0.29, 0.717) is 30.4 Å². The van der Waals surface area contributed by atoms with Crippen LogP contribution < -0.4 is 4.74 Å². The molecule has 0 saturated heterocycles. The van der Waals surface area contributed by atoms with Crippen molar-refractivity contribution in [3.8, 4) is 16.9 Å². The Labute approximate surface area is 223 Å². The van der Waals surface area contributed by atoms with Gasteiger partial charge >= 0.3 is 6.11 Å². The van der Waals surface area contributed by atoms with E-state index in [1.54, 1.807) is 24.3 Å². The second-order valence-electron chi connectivity index (χ2n) is 9.10. The van der Waals surface area contributed by atoms with Crippen LogP contribution in [-0.4, -0.2) is 0 Å². The van der Waals surface area contributed by atoms with Crippen molar-refractivity contribution in [2.24, 2.45) is 0 Å². The standard InChI is InChI=1S/C30H21F9O/c1-2-3-18-10-11-19(27(36)26(18)35)9-6-16-4-7-17(8-5-16)20-12-24(33)29(25(34)13-20)40-30(38,39)21-14-22(31)28(37)23(32)15-21/h4-5,7-8,10-15H,2-3,6,9H2,1H3. The fourth-order valence-electron chi connectivity index (χ4n) is 4.16. The van der Waals surface area contributed by atoms with Crippen LogP contribution in [0.25, 0.3) is 11.1 Å². The van der Waals surface area contributed by atoms with Crippen molar-refractivity contribution in [2.75, 3.05) is 0 Å². The monoisotopic (exact) mass is 568 g/mol. The second kappa shape index (κ2) is 11.7. The molecule has 0 radical (unpaired) electrons. The number of aryl methyl sites for hydroxylation is 3. The van der Waals surface area contributed by atoms with Gasteiger partial charge in [-0.15, -0.1) is 0 Å². The summed E-state index contributed by atoms with van der Waals surface area (Å²) >= 11 is 0. The molecule has 10 heteroatoms. The van der Waals surface area contributed by atoms with Crippen LogP contribution in [0.4, 0.5) is 39.5 Å². The normalized spacial score (nSPS) is 11.7. The first-order valence-electron chi connectivity index (χ1n) is 12.2. The fraction of sp³-hybridized carbons (Fsp3) is 0.200. The highest BCUT2D eigenvalue weighted by atomic mass is 19.3. The molecule has 0 aliphatic heterocycles. The largest absolute Gasteiger partial charge is 0.427 e. The maximum atomic E-state index is 14.6. The van der Waals surface area contributed by atoms with Gasteiger partial charge in [-0.3, -0.25) is 0 Å². The van der Waals surface area contributed by atoms with Crippen molar-refractivity contribution >= 4 is 0 Å². The van der Waals surface area contributed by atoms with E-state index < -0.39 is 58.1 Å². The molecule has 210 valence electrons. The molecule has 1 nitrogen and oxygen atoms in total. The minimum Gasteiger partial charge on any atom is -0.423 e. The van der Waals surface area contributed by atoms with Crippen LogP contribution in [0, 0.1) is 40.7 Å². The lowest BCUT2D eigenvalue weighted by Gasteiger charge is -2.20. The number of alkyl halides is 2. The Morgan fingerprint density at radius 2 is 1.10 bits per heavy atom. The molecule has 0 spiro atoms. The molecule has 0 fully saturated rings. The van der Waals surface area contributed by atoms with Crippen molar-refractivity contribution in [3.05, 3.63) is 124 Å². The Kier molecular flexibility index (Phi) is 8.46. The minimum atomic E-state index is -4.60. The Bertz CT molecular complexity index is 1490. The zero-order valence-corrected chi connectivity index (χ0v) is 20.9. The van der Waals surface area contributed by atoms with Gasteiger partial charge in [-0.1, -0.05) is 49.7 Å². The molecule has 0 saturated carbocycles. The quantitative estimate of drug-likeness (QED) is 0.145. The lowest BCUT2D eigenvalue weighted by Crippen LogP contribution is -2.24. The SMILES string of the molecule is CCCc1ccc(CCc2ccc(-c3cc(F)c(OC(F)(F)c4cc(F)c(F)c(F)c4)c(F)c3)cc2)c(F)c1F. The van der Waals surface area contributed by atoms with Gasteiger partial charge in [0.05, 0.1) is 5.56 Å². The maximum Gasteiger partial charge on any atom is 0.427 e. The molecule has 4 aromatic carbocycles. The van der Waals surface area contributed by atoms with Crippen LogP contribution in [0.5, 0.6) is 5.75 Å². The molecule has 0 aromatic heterocycles. The highest BCUT2D eigenvalue weighted by molar-refractivity contribution is 5.65. The van der Waals surface area contributed by atoms with E-state index in [1.807, 2.05) is 6.92 Å². The fourth-order valence-corrected chi connectivity index (χ4v) is 4.16. The molecule has 0 unspecified atom stereocenters. The van der Waals surface area contributed by atoms with Gasteiger partial charge in [-0.25, -0.2) is 30.7 Å². The first-order valence-corrected chi connectivity index (χ1v) is 12.2. The van der Waals surface area contributed by atoms with E-state index in [0.717, 1.165) is 17.7 Å². The summed E-state index contributed by atoms with van der Waals surface area (Å²) < 4.78 is 131. The van der Waals surface area contributed by atoms with Gasteiger partial charge in [-0.05, 0) is 71.3 Å². The van der Waals surface area contributed by atoms with Crippen LogP contribution in [0.3, 0.4) is 0 Å². The number of rotatable bonds is 9. The number of hydrogen-bond acceptors (Lipinski definition) is 1.